The van der Waals surface area contributed by atoms with Gasteiger partial charge in [-0.1, -0.05) is 17.7 Å². The Balaban J connectivity index is 2.47. The van der Waals surface area contributed by atoms with Crippen LogP contribution in [0, 0.1) is 13.8 Å². The van der Waals surface area contributed by atoms with Crippen LogP contribution in [0.25, 0.3) is 0 Å². The predicted molar refractivity (Wildman–Crippen MR) is 76.8 cm³/mol. The van der Waals surface area contributed by atoms with Gasteiger partial charge in [0.15, 0.2) is 0 Å². The van der Waals surface area contributed by atoms with E-state index in [2.05, 4.69) is 5.32 Å². The lowest BCUT2D eigenvalue weighted by Crippen LogP contribution is -2.59. The summed E-state index contributed by atoms with van der Waals surface area (Å²) in [5.74, 6) is 0. The molecule has 1 aromatic rings. The maximum Gasteiger partial charge on any atom is 0.243 e. The molecule has 1 aliphatic heterocycles. The lowest BCUT2D eigenvalue weighted by atomic mass is 10.0. The van der Waals surface area contributed by atoms with E-state index < -0.39 is 15.6 Å². The van der Waals surface area contributed by atoms with Crippen LogP contribution in [0.5, 0.6) is 0 Å². The highest BCUT2D eigenvalue weighted by Crippen LogP contribution is 2.28. The van der Waals surface area contributed by atoms with Crippen LogP contribution in [0.2, 0.25) is 0 Å². The summed E-state index contributed by atoms with van der Waals surface area (Å²) in [5, 5.41) is 3.25. The van der Waals surface area contributed by atoms with E-state index in [-0.39, 0.29) is 0 Å². The number of rotatable bonds is 2. The highest BCUT2D eigenvalue weighted by atomic mass is 32.2. The number of sulfonamides is 1. The Hall–Kier alpha value is -0.910. The summed E-state index contributed by atoms with van der Waals surface area (Å²) < 4.78 is 27.3. The summed E-state index contributed by atoms with van der Waals surface area (Å²) in [6.07, 6.45) is 0. The Morgan fingerprint density at radius 2 is 1.95 bits per heavy atom. The third kappa shape index (κ3) is 2.68. The summed E-state index contributed by atoms with van der Waals surface area (Å²) in [5.41, 5.74) is 1.50. The van der Waals surface area contributed by atoms with Crippen molar-refractivity contribution in [3.63, 3.8) is 0 Å². The van der Waals surface area contributed by atoms with Crippen LogP contribution >= 0.6 is 0 Å². The Labute approximate surface area is 115 Å². The summed E-state index contributed by atoms with van der Waals surface area (Å²) in [4.78, 5) is 0.424. The van der Waals surface area contributed by atoms with Crippen LogP contribution in [0.3, 0.4) is 0 Å². The largest absolute Gasteiger partial charge is 0.314 e. The topological polar surface area (TPSA) is 49.4 Å². The Morgan fingerprint density at radius 3 is 2.53 bits per heavy atom. The first-order chi connectivity index (χ1) is 8.75. The average Bonchev–Trinajstić information content (AvgIpc) is 2.27. The van der Waals surface area contributed by atoms with Gasteiger partial charge >= 0.3 is 0 Å². The molecule has 0 saturated carbocycles. The summed E-state index contributed by atoms with van der Waals surface area (Å²) in [7, 11) is -3.42. The van der Waals surface area contributed by atoms with Crippen molar-refractivity contribution < 1.29 is 8.42 Å². The minimum absolute atomic E-state index is 0.394. The van der Waals surface area contributed by atoms with Gasteiger partial charge in [0.05, 0.1) is 4.90 Å². The maximum absolute atomic E-state index is 12.8. The molecule has 0 spiro atoms. The van der Waals surface area contributed by atoms with E-state index in [0.29, 0.717) is 24.5 Å². The van der Waals surface area contributed by atoms with Crippen LogP contribution in [0.4, 0.5) is 0 Å². The highest BCUT2D eigenvalue weighted by Gasteiger charge is 2.39. The average molecular weight is 282 g/mol. The minimum Gasteiger partial charge on any atom is -0.314 e. The number of hydrogen-bond acceptors (Lipinski definition) is 3. The van der Waals surface area contributed by atoms with E-state index in [9.17, 15) is 8.42 Å². The van der Waals surface area contributed by atoms with Crippen molar-refractivity contribution in [3.05, 3.63) is 29.3 Å². The zero-order chi connectivity index (χ0) is 14.3. The van der Waals surface area contributed by atoms with E-state index in [1.807, 2.05) is 39.8 Å². The standard InChI is InChI=1S/C14H22N2O2S/c1-11-5-6-13(12(2)9-11)19(17,18)16-8-7-15-10-14(16,3)4/h5-6,9,15H,7-8,10H2,1-4H3. The van der Waals surface area contributed by atoms with Crippen molar-refractivity contribution in [3.8, 4) is 0 Å². The van der Waals surface area contributed by atoms with Gasteiger partial charge < -0.3 is 5.32 Å². The number of nitrogens with zero attached hydrogens (tertiary/aromatic N) is 1. The quantitative estimate of drug-likeness (QED) is 0.898. The van der Waals surface area contributed by atoms with Gasteiger partial charge in [-0.05, 0) is 39.3 Å². The van der Waals surface area contributed by atoms with E-state index in [4.69, 9.17) is 0 Å². The summed E-state index contributed by atoms with van der Waals surface area (Å²) in [6, 6.07) is 5.50. The van der Waals surface area contributed by atoms with Crippen molar-refractivity contribution in [2.45, 2.75) is 38.1 Å². The monoisotopic (exact) mass is 282 g/mol. The van der Waals surface area contributed by atoms with Gasteiger partial charge in [0.2, 0.25) is 10.0 Å². The molecular weight excluding hydrogens is 260 g/mol. The molecule has 0 radical (unpaired) electrons. The van der Waals surface area contributed by atoms with Crippen molar-refractivity contribution in [2.75, 3.05) is 19.6 Å². The van der Waals surface area contributed by atoms with Crippen molar-refractivity contribution >= 4 is 10.0 Å². The van der Waals surface area contributed by atoms with Crippen LogP contribution in [-0.4, -0.2) is 37.9 Å². The second kappa shape index (κ2) is 4.89. The molecule has 0 bridgehead atoms. The first-order valence-electron chi connectivity index (χ1n) is 6.56. The van der Waals surface area contributed by atoms with Gasteiger partial charge in [-0.15, -0.1) is 0 Å². The molecule has 0 unspecified atom stereocenters. The minimum atomic E-state index is -3.42. The zero-order valence-electron chi connectivity index (χ0n) is 12.0. The van der Waals surface area contributed by atoms with Crippen molar-refractivity contribution in [1.29, 1.82) is 0 Å². The third-order valence-corrected chi connectivity index (χ3v) is 5.89. The van der Waals surface area contributed by atoms with Crippen LogP contribution in [0.1, 0.15) is 25.0 Å². The van der Waals surface area contributed by atoms with Crippen molar-refractivity contribution in [1.82, 2.24) is 9.62 Å². The number of aryl methyl sites for hydroxylation is 2. The fourth-order valence-electron chi connectivity index (χ4n) is 2.62. The predicted octanol–water partition coefficient (Wildman–Crippen LogP) is 1.68. The summed E-state index contributed by atoms with van der Waals surface area (Å²) in [6.45, 7) is 9.64. The molecule has 0 amide bonds. The fraction of sp³-hybridized carbons (Fsp3) is 0.571. The molecule has 1 N–H and O–H groups in total. The molecular formula is C14H22N2O2S. The zero-order valence-corrected chi connectivity index (χ0v) is 12.8. The number of nitrogens with one attached hydrogen (secondary N) is 1. The van der Waals surface area contributed by atoms with Gasteiger partial charge in [0.1, 0.15) is 0 Å². The van der Waals surface area contributed by atoms with E-state index >= 15 is 0 Å². The molecule has 0 aliphatic carbocycles. The number of benzene rings is 1. The van der Waals surface area contributed by atoms with Crippen LogP contribution in [-0.2, 0) is 10.0 Å². The summed E-state index contributed by atoms with van der Waals surface area (Å²) >= 11 is 0. The molecule has 1 fully saturated rings. The van der Waals surface area contributed by atoms with Gasteiger partial charge in [-0.3, -0.25) is 0 Å². The second-order valence-corrected chi connectivity index (χ2v) is 7.67. The third-order valence-electron chi connectivity index (χ3n) is 3.62. The van der Waals surface area contributed by atoms with E-state index in [1.54, 1.807) is 10.4 Å². The molecule has 1 heterocycles. The molecule has 5 heteroatoms. The SMILES string of the molecule is Cc1ccc(S(=O)(=O)N2CCNCC2(C)C)c(C)c1. The lowest BCUT2D eigenvalue weighted by Gasteiger charge is -2.41. The lowest BCUT2D eigenvalue weighted by molar-refractivity contribution is 0.186. The first-order valence-corrected chi connectivity index (χ1v) is 8.00. The Kier molecular flexibility index (Phi) is 3.73. The molecule has 1 aromatic carbocycles. The fourth-order valence-corrected chi connectivity index (χ4v) is 4.61. The van der Waals surface area contributed by atoms with Gasteiger partial charge in [-0.25, -0.2) is 8.42 Å². The molecule has 0 atom stereocenters. The highest BCUT2D eigenvalue weighted by molar-refractivity contribution is 7.89. The Bertz CT molecular complexity index is 579. The van der Waals surface area contributed by atoms with Crippen LogP contribution < -0.4 is 5.32 Å². The number of hydrogen-bond donors (Lipinski definition) is 1. The van der Waals surface area contributed by atoms with Gasteiger partial charge in [0.25, 0.3) is 0 Å². The molecule has 1 saturated heterocycles. The van der Waals surface area contributed by atoms with Crippen LogP contribution in [0.15, 0.2) is 23.1 Å². The molecule has 19 heavy (non-hydrogen) atoms. The molecule has 2 rings (SSSR count). The second-order valence-electron chi connectivity index (χ2n) is 5.84. The molecule has 1 aliphatic rings. The maximum atomic E-state index is 12.8. The first kappa shape index (κ1) is 14.5. The smallest absolute Gasteiger partial charge is 0.243 e. The molecule has 4 nitrogen and oxygen atoms in total. The molecule has 106 valence electrons. The van der Waals surface area contributed by atoms with Crippen molar-refractivity contribution in [2.24, 2.45) is 0 Å². The molecule has 0 aromatic heterocycles. The van der Waals surface area contributed by atoms with Gasteiger partial charge in [0, 0.05) is 25.2 Å². The van der Waals surface area contributed by atoms with Gasteiger partial charge in [-0.2, -0.15) is 4.31 Å². The van der Waals surface area contributed by atoms with E-state index in [0.717, 1.165) is 11.1 Å². The van der Waals surface area contributed by atoms with E-state index in [1.165, 1.54) is 0 Å². The number of piperazine rings is 1. The Morgan fingerprint density at radius 1 is 1.26 bits per heavy atom. The normalized spacial score (nSPS) is 20.4.